The molecule has 2 heterocycles. The summed E-state index contributed by atoms with van der Waals surface area (Å²) in [4.78, 5) is 18.3. The van der Waals surface area contributed by atoms with Crippen molar-refractivity contribution in [1.29, 1.82) is 0 Å². The number of ether oxygens (including phenoxy) is 2. The Hall–Kier alpha value is -2.60. The summed E-state index contributed by atoms with van der Waals surface area (Å²) in [5.74, 6) is 1.01. The first-order valence-electron chi connectivity index (χ1n) is 9.15. The highest BCUT2D eigenvalue weighted by Crippen LogP contribution is 2.26. The lowest BCUT2D eigenvalue weighted by atomic mass is 10.1. The minimum Gasteiger partial charge on any atom is -0.472 e. The molecule has 0 saturated carbocycles. The molecule has 1 aromatic heterocycles. The maximum absolute atomic E-state index is 12.2. The molecule has 27 heavy (non-hydrogen) atoms. The van der Waals surface area contributed by atoms with E-state index in [1.807, 2.05) is 42.5 Å². The molecule has 1 amide bonds. The van der Waals surface area contributed by atoms with Gasteiger partial charge in [-0.3, -0.25) is 0 Å². The van der Waals surface area contributed by atoms with Crippen molar-refractivity contribution in [3.8, 4) is 5.88 Å². The fourth-order valence-electron chi connectivity index (χ4n) is 2.90. The molecular formula is C21H28N2O4. The molecule has 3 rings (SSSR count). The van der Waals surface area contributed by atoms with Crippen molar-refractivity contribution in [2.75, 3.05) is 20.2 Å². The molecule has 1 unspecified atom stereocenters. The van der Waals surface area contributed by atoms with Gasteiger partial charge in [-0.2, -0.15) is 0 Å². The topological polar surface area (TPSA) is 71.9 Å². The maximum Gasteiger partial charge on any atom is 0.410 e. The molecular weight excluding hydrogens is 344 g/mol. The second-order valence-electron chi connectivity index (χ2n) is 6.57. The quantitative estimate of drug-likeness (QED) is 0.868. The minimum absolute atomic E-state index is 0.0447. The van der Waals surface area contributed by atoms with Gasteiger partial charge in [0.15, 0.2) is 0 Å². The zero-order chi connectivity index (χ0) is 19.6. The van der Waals surface area contributed by atoms with Crippen molar-refractivity contribution < 1.29 is 19.4 Å². The van der Waals surface area contributed by atoms with Crippen LogP contribution in [-0.2, 0) is 11.3 Å². The number of nitrogens with zero attached hydrogens (tertiary/aromatic N) is 2. The first-order chi connectivity index (χ1) is 13.1. The van der Waals surface area contributed by atoms with Gasteiger partial charge in [-0.15, -0.1) is 0 Å². The van der Waals surface area contributed by atoms with E-state index in [2.05, 4.69) is 18.8 Å². The van der Waals surface area contributed by atoms with Gasteiger partial charge >= 0.3 is 6.09 Å². The Morgan fingerprint density at radius 1 is 1.22 bits per heavy atom. The molecule has 1 aromatic carbocycles. The highest BCUT2D eigenvalue weighted by molar-refractivity contribution is 5.68. The maximum atomic E-state index is 12.2. The van der Waals surface area contributed by atoms with Crippen LogP contribution < -0.4 is 4.74 Å². The van der Waals surface area contributed by atoms with E-state index in [0.29, 0.717) is 31.5 Å². The lowest BCUT2D eigenvalue weighted by Gasteiger charge is -2.18. The third-order valence-corrected chi connectivity index (χ3v) is 4.31. The van der Waals surface area contributed by atoms with E-state index >= 15 is 0 Å². The van der Waals surface area contributed by atoms with Gasteiger partial charge in [-0.05, 0) is 17.5 Å². The second-order valence-corrected chi connectivity index (χ2v) is 6.57. The van der Waals surface area contributed by atoms with E-state index in [1.54, 1.807) is 11.1 Å². The zero-order valence-electron chi connectivity index (χ0n) is 16.2. The molecule has 0 radical (unpaired) electrons. The van der Waals surface area contributed by atoms with E-state index in [9.17, 15) is 4.79 Å². The molecule has 0 bridgehead atoms. The van der Waals surface area contributed by atoms with Crippen LogP contribution in [0.15, 0.2) is 48.7 Å². The number of carbonyl (C=O) groups excluding carboxylic acids is 1. The van der Waals surface area contributed by atoms with Crippen LogP contribution in [0.3, 0.4) is 0 Å². The second kappa shape index (κ2) is 10.5. The average molecular weight is 372 g/mol. The van der Waals surface area contributed by atoms with Crippen LogP contribution in [0.1, 0.15) is 37.3 Å². The molecule has 1 fully saturated rings. The fourth-order valence-corrected chi connectivity index (χ4v) is 2.90. The van der Waals surface area contributed by atoms with Crippen LogP contribution >= 0.6 is 0 Å². The highest BCUT2D eigenvalue weighted by atomic mass is 16.6. The Morgan fingerprint density at radius 2 is 1.96 bits per heavy atom. The van der Waals surface area contributed by atoms with E-state index in [-0.39, 0.29) is 12.2 Å². The molecule has 1 atom stereocenters. The molecule has 1 aliphatic rings. The summed E-state index contributed by atoms with van der Waals surface area (Å²) in [5, 5.41) is 7.00. The van der Waals surface area contributed by atoms with Crippen LogP contribution in [0.4, 0.5) is 4.79 Å². The molecule has 6 nitrogen and oxygen atoms in total. The monoisotopic (exact) mass is 372 g/mol. The Bertz CT molecular complexity index is 706. The number of hydrogen-bond acceptors (Lipinski definition) is 5. The SMILES string of the molecule is CC(C)c1cccnc1OC1CCN(C(=O)OCc2ccccc2)C1.CO. The first kappa shape index (κ1) is 20.7. The van der Waals surface area contributed by atoms with Gasteiger partial charge in [0.25, 0.3) is 0 Å². The number of rotatable bonds is 5. The fraction of sp³-hybridized carbons (Fsp3) is 0.429. The van der Waals surface area contributed by atoms with Crippen LogP contribution in [0.5, 0.6) is 5.88 Å². The number of pyridine rings is 1. The Labute approximate surface area is 160 Å². The summed E-state index contributed by atoms with van der Waals surface area (Å²) in [7, 11) is 1.00. The molecule has 1 N–H and O–H groups in total. The van der Waals surface area contributed by atoms with Crippen molar-refractivity contribution in [3.63, 3.8) is 0 Å². The predicted molar refractivity (Wildman–Crippen MR) is 104 cm³/mol. The van der Waals surface area contributed by atoms with Crippen molar-refractivity contribution in [2.45, 2.75) is 38.9 Å². The predicted octanol–water partition coefficient (Wildman–Crippen LogP) is 3.60. The lowest BCUT2D eigenvalue weighted by molar-refractivity contribution is 0.0987. The number of amides is 1. The summed E-state index contributed by atoms with van der Waals surface area (Å²) in [6.45, 7) is 5.70. The summed E-state index contributed by atoms with van der Waals surface area (Å²) in [5.41, 5.74) is 2.07. The molecule has 2 aromatic rings. The van der Waals surface area contributed by atoms with Crippen LogP contribution in [0.25, 0.3) is 0 Å². The van der Waals surface area contributed by atoms with Gasteiger partial charge in [0, 0.05) is 31.8 Å². The third-order valence-electron chi connectivity index (χ3n) is 4.31. The number of aliphatic hydroxyl groups is 1. The zero-order valence-corrected chi connectivity index (χ0v) is 16.2. The number of aromatic nitrogens is 1. The van der Waals surface area contributed by atoms with Crippen molar-refractivity contribution in [2.24, 2.45) is 0 Å². The largest absolute Gasteiger partial charge is 0.472 e. The summed E-state index contributed by atoms with van der Waals surface area (Å²) < 4.78 is 11.4. The Balaban J connectivity index is 0.00000126. The molecule has 6 heteroatoms. The van der Waals surface area contributed by atoms with Gasteiger partial charge in [-0.25, -0.2) is 9.78 Å². The Kier molecular flexibility index (Phi) is 8.07. The lowest BCUT2D eigenvalue weighted by Crippen LogP contribution is -2.31. The molecule has 1 aliphatic heterocycles. The smallest absolute Gasteiger partial charge is 0.410 e. The van der Waals surface area contributed by atoms with E-state index in [1.165, 1.54) is 0 Å². The van der Waals surface area contributed by atoms with Gasteiger partial charge in [0.1, 0.15) is 12.7 Å². The average Bonchev–Trinajstić information content (AvgIpc) is 3.17. The number of benzene rings is 1. The standard InChI is InChI=1S/C20H24N2O3.CH4O/c1-15(2)18-9-6-11-21-19(18)25-17-10-12-22(13-17)20(23)24-14-16-7-4-3-5-8-16;1-2/h3-9,11,15,17H,10,12-14H2,1-2H3;2H,1H3. The number of likely N-dealkylation sites (tertiary alicyclic amines) is 1. The number of carbonyl (C=O) groups is 1. The van der Waals surface area contributed by atoms with Crippen LogP contribution in [0, 0.1) is 0 Å². The first-order valence-corrected chi connectivity index (χ1v) is 9.15. The molecule has 146 valence electrons. The van der Waals surface area contributed by atoms with Crippen molar-refractivity contribution in [3.05, 3.63) is 59.8 Å². The van der Waals surface area contributed by atoms with E-state index < -0.39 is 0 Å². The molecule has 0 aliphatic carbocycles. The normalized spacial score (nSPS) is 15.9. The Morgan fingerprint density at radius 3 is 2.67 bits per heavy atom. The van der Waals surface area contributed by atoms with Crippen LogP contribution in [0.2, 0.25) is 0 Å². The van der Waals surface area contributed by atoms with Crippen molar-refractivity contribution in [1.82, 2.24) is 9.88 Å². The van der Waals surface area contributed by atoms with Gasteiger partial charge in [-0.1, -0.05) is 50.2 Å². The highest BCUT2D eigenvalue weighted by Gasteiger charge is 2.29. The molecule has 0 spiro atoms. The summed E-state index contributed by atoms with van der Waals surface area (Å²) in [6.07, 6.45) is 2.19. The van der Waals surface area contributed by atoms with E-state index in [4.69, 9.17) is 14.6 Å². The number of hydrogen-bond donors (Lipinski definition) is 1. The van der Waals surface area contributed by atoms with Gasteiger partial charge < -0.3 is 19.5 Å². The minimum atomic E-state index is -0.292. The number of aliphatic hydroxyl groups excluding tert-OH is 1. The van der Waals surface area contributed by atoms with Gasteiger partial charge in [0.05, 0.1) is 6.54 Å². The third kappa shape index (κ3) is 5.96. The van der Waals surface area contributed by atoms with Gasteiger partial charge in [0.2, 0.25) is 5.88 Å². The van der Waals surface area contributed by atoms with Crippen molar-refractivity contribution >= 4 is 6.09 Å². The summed E-state index contributed by atoms with van der Waals surface area (Å²) >= 11 is 0. The van der Waals surface area contributed by atoms with E-state index in [0.717, 1.165) is 24.7 Å². The molecule has 1 saturated heterocycles. The van der Waals surface area contributed by atoms with Crippen LogP contribution in [-0.4, -0.2) is 47.4 Å². The summed E-state index contributed by atoms with van der Waals surface area (Å²) in [6, 6.07) is 13.6.